The third kappa shape index (κ3) is 5.01. The molecule has 25 heavy (non-hydrogen) atoms. The summed E-state index contributed by atoms with van der Waals surface area (Å²) < 4.78 is 19.1. The second kappa shape index (κ2) is 8.09. The summed E-state index contributed by atoms with van der Waals surface area (Å²) in [5, 5.41) is 5.73. The molecule has 0 aliphatic carbocycles. The molecule has 0 atom stereocenters. The van der Waals surface area contributed by atoms with Gasteiger partial charge in [-0.05, 0) is 36.4 Å². The number of benzene rings is 2. The Hall–Kier alpha value is -2.44. The fourth-order valence-corrected chi connectivity index (χ4v) is 2.92. The first-order chi connectivity index (χ1) is 12.1. The van der Waals surface area contributed by atoms with Gasteiger partial charge in [0.05, 0.1) is 17.8 Å². The zero-order valence-electron chi connectivity index (χ0n) is 13.0. The molecule has 0 fully saturated rings. The van der Waals surface area contributed by atoms with Crippen molar-refractivity contribution in [3.8, 4) is 5.75 Å². The zero-order valence-corrected chi connectivity index (χ0v) is 14.6. The van der Waals surface area contributed by atoms with Crippen LogP contribution < -0.4 is 10.1 Å². The van der Waals surface area contributed by atoms with Crippen molar-refractivity contribution < 1.29 is 13.9 Å². The maximum atomic E-state index is 13.5. The van der Waals surface area contributed by atoms with E-state index in [0.29, 0.717) is 23.1 Å². The molecule has 3 rings (SSSR count). The van der Waals surface area contributed by atoms with Crippen LogP contribution in [0.15, 0.2) is 53.9 Å². The van der Waals surface area contributed by atoms with E-state index in [2.05, 4.69) is 10.3 Å². The second-order valence-electron chi connectivity index (χ2n) is 5.18. The normalized spacial score (nSPS) is 10.5. The van der Waals surface area contributed by atoms with Crippen molar-refractivity contribution in [2.24, 2.45) is 0 Å². The van der Waals surface area contributed by atoms with Crippen LogP contribution in [0.4, 0.5) is 10.1 Å². The Kier molecular flexibility index (Phi) is 5.63. The number of nitrogens with one attached hydrogen (secondary N) is 1. The quantitative estimate of drug-likeness (QED) is 0.678. The fourth-order valence-electron chi connectivity index (χ4n) is 2.09. The maximum absolute atomic E-state index is 13.5. The van der Waals surface area contributed by atoms with E-state index in [9.17, 15) is 9.18 Å². The van der Waals surface area contributed by atoms with Crippen LogP contribution in [0.3, 0.4) is 0 Å². The van der Waals surface area contributed by atoms with Crippen LogP contribution in [-0.4, -0.2) is 10.9 Å². The predicted octanol–water partition coefficient (Wildman–Crippen LogP) is 4.70. The number of rotatable bonds is 6. The van der Waals surface area contributed by atoms with Gasteiger partial charge in [0.15, 0.2) is 0 Å². The van der Waals surface area contributed by atoms with Crippen LogP contribution in [0.2, 0.25) is 5.02 Å². The number of amides is 1. The molecule has 128 valence electrons. The number of hydrogen-bond donors (Lipinski definition) is 1. The number of aromatic nitrogens is 1. The summed E-state index contributed by atoms with van der Waals surface area (Å²) in [6, 6.07) is 13.1. The van der Waals surface area contributed by atoms with Gasteiger partial charge in [-0.1, -0.05) is 23.7 Å². The van der Waals surface area contributed by atoms with Gasteiger partial charge in [-0.2, -0.15) is 0 Å². The minimum atomic E-state index is -0.466. The second-order valence-corrected chi connectivity index (χ2v) is 6.56. The Morgan fingerprint density at radius 3 is 2.72 bits per heavy atom. The number of carbonyl (C=O) groups excluding carboxylic acids is 1. The summed E-state index contributed by atoms with van der Waals surface area (Å²) in [6.07, 6.45) is 0.0752. The first kappa shape index (κ1) is 17.4. The number of carbonyl (C=O) groups is 1. The van der Waals surface area contributed by atoms with E-state index in [0.717, 1.165) is 5.01 Å². The monoisotopic (exact) mass is 376 g/mol. The number of nitrogens with zero attached hydrogens (tertiary/aromatic N) is 1. The van der Waals surface area contributed by atoms with E-state index in [-0.39, 0.29) is 18.0 Å². The number of halogens is 2. The molecule has 0 saturated carbocycles. The van der Waals surface area contributed by atoms with E-state index < -0.39 is 5.82 Å². The lowest BCUT2D eigenvalue weighted by Gasteiger charge is -2.05. The van der Waals surface area contributed by atoms with E-state index in [1.165, 1.54) is 23.5 Å². The molecule has 0 aliphatic rings. The van der Waals surface area contributed by atoms with Crippen molar-refractivity contribution in [2.45, 2.75) is 13.0 Å². The highest BCUT2D eigenvalue weighted by atomic mass is 35.5. The molecule has 0 bridgehead atoms. The van der Waals surface area contributed by atoms with E-state index >= 15 is 0 Å². The summed E-state index contributed by atoms with van der Waals surface area (Å²) in [5.41, 5.74) is 0.780. The highest BCUT2D eigenvalue weighted by molar-refractivity contribution is 7.09. The van der Waals surface area contributed by atoms with E-state index in [1.54, 1.807) is 41.8 Å². The lowest BCUT2D eigenvalue weighted by molar-refractivity contribution is -0.115. The van der Waals surface area contributed by atoms with Gasteiger partial charge in [0.1, 0.15) is 23.2 Å². The molecule has 7 heteroatoms. The number of hydrogen-bond acceptors (Lipinski definition) is 4. The highest BCUT2D eigenvalue weighted by Crippen LogP contribution is 2.19. The Bertz CT molecular complexity index is 868. The average Bonchev–Trinajstić information content (AvgIpc) is 3.04. The standard InChI is InChI=1S/C18H14ClFN2O2S/c19-12-5-7-14(8-6-12)24-10-18-21-13(11-25-18)9-17(23)22-16-4-2-1-3-15(16)20/h1-8,11H,9-10H2,(H,22,23). The molecule has 0 radical (unpaired) electrons. The summed E-state index contributed by atoms with van der Waals surface area (Å²) >= 11 is 7.23. The van der Waals surface area contributed by atoms with Crippen molar-refractivity contribution >= 4 is 34.5 Å². The van der Waals surface area contributed by atoms with Crippen molar-refractivity contribution in [1.82, 2.24) is 4.98 Å². The minimum Gasteiger partial charge on any atom is -0.486 e. The SMILES string of the molecule is O=C(Cc1csc(COc2ccc(Cl)cc2)n1)Nc1ccccc1F. The van der Waals surface area contributed by atoms with E-state index in [1.807, 2.05) is 0 Å². The third-order valence-corrected chi connectivity index (χ3v) is 4.39. The molecule has 0 aliphatic heterocycles. The van der Waals surface area contributed by atoms with Crippen LogP contribution in [0.25, 0.3) is 0 Å². The molecule has 3 aromatic rings. The molecule has 1 N–H and O–H groups in total. The molecule has 1 aromatic heterocycles. The lowest BCUT2D eigenvalue weighted by Crippen LogP contribution is -2.15. The molecule has 0 saturated heterocycles. The van der Waals surface area contributed by atoms with Crippen LogP contribution in [0, 0.1) is 5.82 Å². The number of ether oxygens (including phenoxy) is 1. The van der Waals surface area contributed by atoms with Crippen molar-refractivity contribution in [3.63, 3.8) is 0 Å². The summed E-state index contributed by atoms with van der Waals surface area (Å²) in [7, 11) is 0. The van der Waals surface area contributed by atoms with Crippen LogP contribution >= 0.6 is 22.9 Å². The van der Waals surface area contributed by atoms with Gasteiger partial charge in [0.25, 0.3) is 0 Å². The largest absolute Gasteiger partial charge is 0.486 e. The topological polar surface area (TPSA) is 51.2 Å². The fraction of sp³-hybridized carbons (Fsp3) is 0.111. The Morgan fingerprint density at radius 2 is 1.96 bits per heavy atom. The first-order valence-electron chi connectivity index (χ1n) is 7.46. The molecular formula is C18H14ClFN2O2S. The molecule has 2 aromatic carbocycles. The Labute approximate surface area is 153 Å². The molecule has 0 unspecified atom stereocenters. The summed E-state index contributed by atoms with van der Waals surface area (Å²) in [5.74, 6) is -0.0924. The van der Waals surface area contributed by atoms with Crippen molar-refractivity contribution in [3.05, 3.63) is 75.5 Å². The lowest BCUT2D eigenvalue weighted by atomic mass is 10.2. The van der Waals surface area contributed by atoms with Gasteiger partial charge in [-0.25, -0.2) is 9.37 Å². The predicted molar refractivity (Wildman–Crippen MR) is 96.6 cm³/mol. The minimum absolute atomic E-state index is 0.0752. The highest BCUT2D eigenvalue weighted by Gasteiger charge is 2.10. The Morgan fingerprint density at radius 1 is 1.20 bits per heavy atom. The third-order valence-electron chi connectivity index (χ3n) is 3.26. The smallest absolute Gasteiger partial charge is 0.230 e. The van der Waals surface area contributed by atoms with Gasteiger partial charge in [0.2, 0.25) is 5.91 Å². The number of para-hydroxylation sites is 1. The van der Waals surface area contributed by atoms with Crippen LogP contribution in [0.1, 0.15) is 10.7 Å². The van der Waals surface area contributed by atoms with E-state index in [4.69, 9.17) is 16.3 Å². The number of thiazole rings is 1. The van der Waals surface area contributed by atoms with Crippen LogP contribution in [-0.2, 0) is 17.8 Å². The average molecular weight is 377 g/mol. The van der Waals surface area contributed by atoms with Gasteiger partial charge in [-0.3, -0.25) is 4.79 Å². The summed E-state index contributed by atoms with van der Waals surface area (Å²) in [4.78, 5) is 16.4. The number of anilines is 1. The van der Waals surface area contributed by atoms with Gasteiger partial charge >= 0.3 is 0 Å². The van der Waals surface area contributed by atoms with Gasteiger partial charge in [0, 0.05) is 10.4 Å². The zero-order chi connectivity index (χ0) is 17.6. The maximum Gasteiger partial charge on any atom is 0.230 e. The molecule has 1 heterocycles. The molecule has 1 amide bonds. The molecule has 4 nitrogen and oxygen atoms in total. The van der Waals surface area contributed by atoms with Crippen molar-refractivity contribution in [2.75, 3.05) is 5.32 Å². The molecule has 0 spiro atoms. The van der Waals surface area contributed by atoms with Gasteiger partial charge in [-0.15, -0.1) is 11.3 Å². The van der Waals surface area contributed by atoms with Crippen molar-refractivity contribution in [1.29, 1.82) is 0 Å². The van der Waals surface area contributed by atoms with Crippen LogP contribution in [0.5, 0.6) is 5.75 Å². The first-order valence-corrected chi connectivity index (χ1v) is 8.72. The summed E-state index contributed by atoms with van der Waals surface area (Å²) in [6.45, 7) is 0.307. The Balaban J connectivity index is 1.53. The molecular weight excluding hydrogens is 363 g/mol. The van der Waals surface area contributed by atoms with Gasteiger partial charge < -0.3 is 10.1 Å².